The van der Waals surface area contributed by atoms with Gasteiger partial charge in [0.05, 0.1) is 12.4 Å². The Bertz CT molecular complexity index is 1010. The number of nitrogens with one attached hydrogen (secondary N) is 2. The Morgan fingerprint density at radius 3 is 2.62 bits per heavy atom. The van der Waals surface area contributed by atoms with E-state index in [1.54, 1.807) is 6.07 Å². The summed E-state index contributed by atoms with van der Waals surface area (Å²) in [5.41, 5.74) is 4.18. The van der Waals surface area contributed by atoms with Crippen LogP contribution < -0.4 is 10.6 Å². The molecule has 0 aromatic heterocycles. The number of rotatable bonds is 8. The standard InChI is InChI=1S/C26H32FN5/c1-18(2)28-22-11-9-19(10-12-22)13-25-29-24-16-31(15-21-5-3-4-6-23(21)27)17-32(26(24)30-25)14-20-7-8-20/h3-6,9-12,16,18,20,25,28-29H,7-8,13-15,17H2,1-2H3. The van der Waals surface area contributed by atoms with Crippen LogP contribution in [0.15, 0.2) is 65.4 Å². The van der Waals surface area contributed by atoms with Crippen molar-refractivity contribution in [1.29, 1.82) is 0 Å². The van der Waals surface area contributed by atoms with E-state index >= 15 is 0 Å². The number of anilines is 1. The lowest BCUT2D eigenvalue weighted by Crippen LogP contribution is -2.46. The zero-order valence-electron chi connectivity index (χ0n) is 18.9. The normalized spacial score (nSPS) is 20.1. The van der Waals surface area contributed by atoms with E-state index in [1.165, 1.54) is 24.5 Å². The summed E-state index contributed by atoms with van der Waals surface area (Å²) < 4.78 is 14.2. The number of nitrogens with zero attached hydrogens (tertiary/aromatic N) is 3. The second-order valence-corrected chi connectivity index (χ2v) is 9.50. The number of benzene rings is 2. The molecule has 1 atom stereocenters. The predicted molar refractivity (Wildman–Crippen MR) is 128 cm³/mol. The predicted octanol–water partition coefficient (Wildman–Crippen LogP) is 4.54. The highest BCUT2D eigenvalue weighted by Crippen LogP contribution is 2.32. The molecule has 1 saturated carbocycles. The lowest BCUT2D eigenvalue weighted by Gasteiger charge is -2.36. The van der Waals surface area contributed by atoms with Gasteiger partial charge in [-0.3, -0.25) is 0 Å². The van der Waals surface area contributed by atoms with E-state index in [-0.39, 0.29) is 12.0 Å². The van der Waals surface area contributed by atoms with Gasteiger partial charge in [0.15, 0.2) is 5.84 Å². The second-order valence-electron chi connectivity index (χ2n) is 9.50. The molecule has 1 unspecified atom stereocenters. The fourth-order valence-corrected chi connectivity index (χ4v) is 4.44. The first-order chi connectivity index (χ1) is 15.5. The van der Waals surface area contributed by atoms with Gasteiger partial charge in [0, 0.05) is 43.0 Å². The molecule has 2 N–H and O–H groups in total. The van der Waals surface area contributed by atoms with Crippen LogP contribution in [0.2, 0.25) is 0 Å². The van der Waals surface area contributed by atoms with Gasteiger partial charge in [-0.15, -0.1) is 0 Å². The highest BCUT2D eigenvalue weighted by molar-refractivity contribution is 6.00. The number of amidine groups is 1. The van der Waals surface area contributed by atoms with Crippen LogP contribution in [0.1, 0.15) is 37.8 Å². The van der Waals surface area contributed by atoms with Crippen molar-refractivity contribution in [1.82, 2.24) is 15.1 Å². The molecule has 32 heavy (non-hydrogen) atoms. The van der Waals surface area contributed by atoms with Crippen LogP contribution in [0.4, 0.5) is 10.1 Å². The molecule has 5 nitrogen and oxygen atoms in total. The van der Waals surface area contributed by atoms with E-state index in [0.29, 0.717) is 12.6 Å². The maximum absolute atomic E-state index is 14.2. The summed E-state index contributed by atoms with van der Waals surface area (Å²) in [6, 6.07) is 16.1. The van der Waals surface area contributed by atoms with E-state index in [4.69, 9.17) is 4.99 Å². The topological polar surface area (TPSA) is 42.9 Å². The summed E-state index contributed by atoms with van der Waals surface area (Å²) in [6.07, 6.45) is 5.57. The summed E-state index contributed by atoms with van der Waals surface area (Å²) in [5.74, 6) is 1.67. The van der Waals surface area contributed by atoms with Gasteiger partial charge in [0.2, 0.25) is 0 Å². The van der Waals surface area contributed by atoms with Crippen molar-refractivity contribution in [3.8, 4) is 0 Å². The summed E-state index contributed by atoms with van der Waals surface area (Å²) in [6.45, 7) is 6.61. The van der Waals surface area contributed by atoms with E-state index < -0.39 is 0 Å². The Kier molecular flexibility index (Phi) is 5.77. The van der Waals surface area contributed by atoms with Crippen LogP contribution >= 0.6 is 0 Å². The zero-order valence-corrected chi connectivity index (χ0v) is 18.9. The van der Waals surface area contributed by atoms with Crippen LogP contribution in [0.3, 0.4) is 0 Å². The molecule has 0 amide bonds. The number of hydrogen-bond donors (Lipinski definition) is 2. The Morgan fingerprint density at radius 2 is 1.91 bits per heavy atom. The lowest BCUT2D eigenvalue weighted by molar-refractivity contribution is 0.221. The molecule has 3 aliphatic rings. The number of halogens is 1. The molecule has 2 heterocycles. The van der Waals surface area contributed by atoms with Crippen molar-refractivity contribution >= 4 is 11.5 Å². The Morgan fingerprint density at radius 1 is 1.12 bits per heavy atom. The molecule has 1 aliphatic carbocycles. The number of aliphatic imine (C=N–C) groups is 1. The summed E-state index contributed by atoms with van der Waals surface area (Å²) in [7, 11) is 0. The van der Waals surface area contributed by atoms with Crippen LogP contribution in [0.5, 0.6) is 0 Å². The molecule has 168 valence electrons. The largest absolute Gasteiger partial charge is 0.383 e. The number of hydrogen-bond acceptors (Lipinski definition) is 5. The maximum Gasteiger partial charge on any atom is 0.152 e. The fourth-order valence-electron chi connectivity index (χ4n) is 4.44. The summed E-state index contributed by atoms with van der Waals surface area (Å²) in [5, 5.41) is 7.04. The summed E-state index contributed by atoms with van der Waals surface area (Å²) in [4.78, 5) is 9.61. The molecule has 0 spiro atoms. The van der Waals surface area contributed by atoms with Gasteiger partial charge in [0.1, 0.15) is 12.0 Å². The third-order valence-corrected chi connectivity index (χ3v) is 6.15. The Labute approximate surface area is 190 Å². The van der Waals surface area contributed by atoms with E-state index in [9.17, 15) is 4.39 Å². The fraction of sp³-hybridized carbons (Fsp3) is 0.423. The first-order valence-electron chi connectivity index (χ1n) is 11.7. The van der Waals surface area contributed by atoms with Crippen LogP contribution in [-0.4, -0.2) is 41.1 Å². The van der Waals surface area contributed by atoms with Crippen molar-refractivity contribution in [3.63, 3.8) is 0 Å². The smallest absolute Gasteiger partial charge is 0.152 e. The van der Waals surface area contributed by atoms with Crippen molar-refractivity contribution in [2.45, 2.75) is 51.9 Å². The highest BCUT2D eigenvalue weighted by Gasteiger charge is 2.34. The van der Waals surface area contributed by atoms with Crippen LogP contribution in [0.25, 0.3) is 0 Å². The third-order valence-electron chi connectivity index (χ3n) is 6.15. The molecule has 5 rings (SSSR count). The molecular weight excluding hydrogens is 401 g/mol. The zero-order chi connectivity index (χ0) is 22.1. The monoisotopic (exact) mass is 433 g/mol. The van der Waals surface area contributed by atoms with Gasteiger partial charge in [-0.25, -0.2) is 9.38 Å². The average molecular weight is 434 g/mol. The van der Waals surface area contributed by atoms with Gasteiger partial charge < -0.3 is 20.4 Å². The van der Waals surface area contributed by atoms with Crippen molar-refractivity contribution < 1.29 is 4.39 Å². The highest BCUT2D eigenvalue weighted by atomic mass is 19.1. The molecule has 0 radical (unpaired) electrons. The summed E-state index contributed by atoms with van der Waals surface area (Å²) >= 11 is 0. The SMILES string of the molecule is CC(C)Nc1ccc(CC2N=C3C(=CN(Cc4ccccc4F)CN3CC3CC3)N2)cc1. The van der Waals surface area contributed by atoms with E-state index in [1.807, 2.05) is 12.1 Å². The first kappa shape index (κ1) is 20.9. The Balaban J connectivity index is 1.30. The Hall–Kier alpha value is -3.02. The maximum atomic E-state index is 14.2. The molecular formula is C26H32FN5. The van der Waals surface area contributed by atoms with Gasteiger partial charge in [-0.05, 0) is 56.4 Å². The molecule has 1 fully saturated rings. The average Bonchev–Trinajstić information content (AvgIpc) is 3.48. The third kappa shape index (κ3) is 4.90. The second kappa shape index (κ2) is 8.85. The van der Waals surface area contributed by atoms with E-state index in [2.05, 4.69) is 64.7 Å². The first-order valence-corrected chi connectivity index (χ1v) is 11.7. The van der Waals surface area contributed by atoms with Crippen molar-refractivity contribution in [3.05, 3.63) is 77.4 Å². The molecule has 2 aliphatic heterocycles. The van der Waals surface area contributed by atoms with Gasteiger partial charge in [-0.2, -0.15) is 0 Å². The molecule has 0 saturated heterocycles. The van der Waals surface area contributed by atoms with Crippen LogP contribution in [0, 0.1) is 11.7 Å². The lowest BCUT2D eigenvalue weighted by atomic mass is 10.1. The van der Waals surface area contributed by atoms with Gasteiger partial charge in [0.25, 0.3) is 0 Å². The number of fused-ring (bicyclic) bond motifs is 1. The van der Waals surface area contributed by atoms with Crippen molar-refractivity contribution in [2.75, 3.05) is 18.5 Å². The van der Waals surface area contributed by atoms with Gasteiger partial charge in [-0.1, -0.05) is 30.3 Å². The van der Waals surface area contributed by atoms with E-state index in [0.717, 1.165) is 48.3 Å². The minimum atomic E-state index is -0.147. The van der Waals surface area contributed by atoms with Gasteiger partial charge >= 0.3 is 0 Å². The molecule has 2 aromatic carbocycles. The van der Waals surface area contributed by atoms with Crippen molar-refractivity contribution in [2.24, 2.45) is 10.9 Å². The minimum absolute atomic E-state index is 0.0234. The molecule has 0 bridgehead atoms. The molecule has 2 aromatic rings. The quantitative estimate of drug-likeness (QED) is 0.641. The minimum Gasteiger partial charge on any atom is -0.383 e. The molecule has 6 heteroatoms. The van der Waals surface area contributed by atoms with Crippen LogP contribution in [-0.2, 0) is 13.0 Å².